The van der Waals surface area contributed by atoms with Gasteiger partial charge in [-0.2, -0.15) is 0 Å². The lowest BCUT2D eigenvalue weighted by molar-refractivity contribution is 0.588. The molecule has 0 aliphatic heterocycles. The van der Waals surface area contributed by atoms with Gasteiger partial charge in [-0.1, -0.05) is 23.2 Å². The van der Waals surface area contributed by atoms with Gasteiger partial charge in [0.2, 0.25) is 0 Å². The summed E-state index contributed by atoms with van der Waals surface area (Å²) in [7, 11) is 0. The van der Waals surface area contributed by atoms with E-state index in [0.717, 1.165) is 22.2 Å². The second-order valence-corrected chi connectivity index (χ2v) is 6.68. The fourth-order valence-electron chi connectivity index (χ4n) is 1.92. The van der Waals surface area contributed by atoms with Crippen LogP contribution in [0.3, 0.4) is 0 Å². The number of hydrogen-bond donors (Lipinski definition) is 2. The van der Waals surface area contributed by atoms with Gasteiger partial charge in [-0.05, 0) is 44.2 Å². The molecule has 1 atom stereocenters. The first-order chi connectivity index (χ1) is 9.56. The van der Waals surface area contributed by atoms with E-state index >= 15 is 0 Å². The third-order valence-corrected chi connectivity index (χ3v) is 4.76. The molecule has 1 unspecified atom stereocenters. The summed E-state index contributed by atoms with van der Waals surface area (Å²) in [5.41, 5.74) is 2.41. The van der Waals surface area contributed by atoms with E-state index < -0.39 is 0 Å². The molecule has 0 amide bonds. The molecule has 1 heterocycles. The van der Waals surface area contributed by atoms with Gasteiger partial charge >= 0.3 is 0 Å². The van der Waals surface area contributed by atoms with Crippen LogP contribution < -0.4 is 5.32 Å². The average molecular weight is 329 g/mol. The third-order valence-electron chi connectivity index (χ3n) is 3.02. The molecule has 0 aliphatic carbocycles. The summed E-state index contributed by atoms with van der Waals surface area (Å²) in [6.07, 6.45) is 0. The summed E-state index contributed by atoms with van der Waals surface area (Å²) < 4.78 is 0. The number of aryl methyl sites for hydroxylation is 1. The molecule has 1 aromatic carbocycles. The van der Waals surface area contributed by atoms with E-state index in [-0.39, 0.29) is 0 Å². The van der Waals surface area contributed by atoms with E-state index in [4.69, 9.17) is 23.2 Å². The van der Waals surface area contributed by atoms with Crippen LogP contribution in [0.1, 0.15) is 24.4 Å². The molecule has 0 aliphatic rings. The Hall–Kier alpha value is -0.610. The Morgan fingerprint density at radius 3 is 2.70 bits per heavy atom. The molecule has 2 nitrogen and oxygen atoms in total. The largest absolute Gasteiger partial charge is 0.361 e. The van der Waals surface area contributed by atoms with Gasteiger partial charge in [-0.15, -0.1) is 11.8 Å². The van der Waals surface area contributed by atoms with Gasteiger partial charge in [0, 0.05) is 39.6 Å². The summed E-state index contributed by atoms with van der Waals surface area (Å²) in [5.74, 6) is 0.964. The van der Waals surface area contributed by atoms with Crippen LogP contribution >= 0.6 is 35.0 Å². The summed E-state index contributed by atoms with van der Waals surface area (Å²) in [6.45, 7) is 5.14. The third kappa shape index (κ3) is 4.45. The van der Waals surface area contributed by atoms with Crippen molar-refractivity contribution in [2.45, 2.75) is 24.8 Å². The Labute approximate surface area is 134 Å². The standard InChI is InChI=1S/C15H18Cl2N2S/c1-10-3-5-14(19-10)11(2)18-7-8-20-15-6-4-12(16)9-13(15)17/h3-6,9,11,18-19H,7-8H2,1-2H3. The number of benzene rings is 1. The molecule has 0 fully saturated rings. The van der Waals surface area contributed by atoms with Crippen molar-refractivity contribution in [1.29, 1.82) is 0 Å². The van der Waals surface area contributed by atoms with Gasteiger partial charge < -0.3 is 10.3 Å². The molecule has 0 saturated heterocycles. The van der Waals surface area contributed by atoms with Gasteiger partial charge in [0.15, 0.2) is 0 Å². The van der Waals surface area contributed by atoms with Gasteiger partial charge in [0.05, 0.1) is 5.02 Å². The van der Waals surface area contributed by atoms with Crippen molar-refractivity contribution in [3.05, 3.63) is 51.8 Å². The van der Waals surface area contributed by atoms with E-state index in [9.17, 15) is 0 Å². The maximum absolute atomic E-state index is 6.14. The zero-order valence-corrected chi connectivity index (χ0v) is 13.9. The molecule has 0 bridgehead atoms. The van der Waals surface area contributed by atoms with E-state index in [1.54, 1.807) is 17.8 Å². The molecule has 2 N–H and O–H groups in total. The highest BCUT2D eigenvalue weighted by atomic mass is 35.5. The first-order valence-electron chi connectivity index (χ1n) is 6.53. The minimum Gasteiger partial charge on any atom is -0.361 e. The topological polar surface area (TPSA) is 27.8 Å². The van der Waals surface area contributed by atoms with Crippen LogP contribution in [0.15, 0.2) is 35.2 Å². The molecule has 2 rings (SSSR count). The Morgan fingerprint density at radius 1 is 1.25 bits per heavy atom. The van der Waals surface area contributed by atoms with Crippen LogP contribution in [0.2, 0.25) is 10.0 Å². The lowest BCUT2D eigenvalue weighted by atomic mass is 10.2. The Kier molecular flexibility index (Phi) is 5.85. The molecule has 5 heteroatoms. The van der Waals surface area contributed by atoms with E-state index in [1.165, 1.54) is 11.4 Å². The van der Waals surface area contributed by atoms with Crippen molar-refractivity contribution < 1.29 is 0 Å². The number of aromatic nitrogens is 1. The average Bonchev–Trinajstić information content (AvgIpc) is 2.83. The first kappa shape index (κ1) is 15.8. The van der Waals surface area contributed by atoms with Crippen LogP contribution in [0.4, 0.5) is 0 Å². The minimum absolute atomic E-state index is 0.324. The zero-order chi connectivity index (χ0) is 14.5. The van der Waals surface area contributed by atoms with Crippen molar-refractivity contribution in [2.75, 3.05) is 12.3 Å². The number of hydrogen-bond acceptors (Lipinski definition) is 2. The molecule has 1 aromatic heterocycles. The summed E-state index contributed by atoms with van der Waals surface area (Å²) in [4.78, 5) is 4.42. The number of nitrogens with one attached hydrogen (secondary N) is 2. The summed E-state index contributed by atoms with van der Waals surface area (Å²) >= 11 is 13.8. The number of aromatic amines is 1. The maximum atomic E-state index is 6.14. The molecule has 108 valence electrons. The van der Waals surface area contributed by atoms with E-state index in [1.807, 2.05) is 12.1 Å². The molecule has 0 spiro atoms. The van der Waals surface area contributed by atoms with Gasteiger partial charge in [0.25, 0.3) is 0 Å². The normalized spacial score (nSPS) is 12.6. The van der Waals surface area contributed by atoms with Crippen molar-refractivity contribution in [2.24, 2.45) is 0 Å². The van der Waals surface area contributed by atoms with Crippen molar-refractivity contribution >= 4 is 35.0 Å². The van der Waals surface area contributed by atoms with E-state index in [2.05, 4.69) is 36.3 Å². The molecule has 0 saturated carbocycles. The van der Waals surface area contributed by atoms with Crippen molar-refractivity contribution in [3.8, 4) is 0 Å². The predicted octanol–water partition coefficient (Wildman–Crippen LogP) is 5.07. The second-order valence-electron chi connectivity index (χ2n) is 4.70. The lowest BCUT2D eigenvalue weighted by Crippen LogP contribution is -2.21. The highest BCUT2D eigenvalue weighted by Crippen LogP contribution is 2.29. The van der Waals surface area contributed by atoms with E-state index in [0.29, 0.717) is 11.1 Å². The SMILES string of the molecule is Cc1ccc(C(C)NCCSc2ccc(Cl)cc2Cl)[nH]1. The first-order valence-corrected chi connectivity index (χ1v) is 8.27. The lowest BCUT2D eigenvalue weighted by Gasteiger charge is -2.12. The van der Waals surface area contributed by atoms with Crippen molar-refractivity contribution in [3.63, 3.8) is 0 Å². The number of thioether (sulfide) groups is 1. The van der Waals surface area contributed by atoms with Crippen LogP contribution in [0.5, 0.6) is 0 Å². The quantitative estimate of drug-likeness (QED) is 0.572. The monoisotopic (exact) mass is 328 g/mol. The number of H-pyrrole nitrogens is 1. The van der Waals surface area contributed by atoms with Crippen LogP contribution in [-0.4, -0.2) is 17.3 Å². The van der Waals surface area contributed by atoms with Gasteiger partial charge in [-0.25, -0.2) is 0 Å². The van der Waals surface area contributed by atoms with Crippen LogP contribution in [0.25, 0.3) is 0 Å². The Bertz CT molecular complexity index is 569. The molecule has 0 radical (unpaired) electrons. The van der Waals surface area contributed by atoms with Crippen LogP contribution in [0, 0.1) is 6.92 Å². The Balaban J connectivity index is 1.76. The molecule has 2 aromatic rings. The highest BCUT2D eigenvalue weighted by Gasteiger charge is 2.06. The molecular weight excluding hydrogens is 311 g/mol. The Morgan fingerprint density at radius 2 is 2.05 bits per heavy atom. The fourth-order valence-corrected chi connectivity index (χ4v) is 3.29. The smallest absolute Gasteiger partial charge is 0.0556 e. The van der Waals surface area contributed by atoms with Crippen molar-refractivity contribution in [1.82, 2.24) is 10.3 Å². The molecular formula is C15H18Cl2N2S. The minimum atomic E-state index is 0.324. The predicted molar refractivity (Wildman–Crippen MR) is 89.1 cm³/mol. The maximum Gasteiger partial charge on any atom is 0.0556 e. The van der Waals surface area contributed by atoms with Gasteiger partial charge in [-0.3, -0.25) is 0 Å². The highest BCUT2D eigenvalue weighted by molar-refractivity contribution is 7.99. The summed E-state index contributed by atoms with van der Waals surface area (Å²) in [6, 6.07) is 10.2. The fraction of sp³-hybridized carbons (Fsp3) is 0.333. The summed E-state index contributed by atoms with van der Waals surface area (Å²) in [5, 5.41) is 4.88. The van der Waals surface area contributed by atoms with Gasteiger partial charge in [0.1, 0.15) is 0 Å². The molecule has 20 heavy (non-hydrogen) atoms. The van der Waals surface area contributed by atoms with Crippen LogP contribution in [-0.2, 0) is 0 Å². The zero-order valence-electron chi connectivity index (χ0n) is 11.5. The second kappa shape index (κ2) is 7.41. The number of rotatable bonds is 6. The number of halogens is 2.